The van der Waals surface area contributed by atoms with Gasteiger partial charge in [0.25, 0.3) is 0 Å². The normalized spacial score (nSPS) is 13.8. The van der Waals surface area contributed by atoms with Gasteiger partial charge in [0, 0.05) is 5.56 Å². The van der Waals surface area contributed by atoms with Gasteiger partial charge in [-0.15, -0.1) is 0 Å². The molecule has 0 radical (unpaired) electrons. The molecule has 0 heterocycles. The highest BCUT2D eigenvalue weighted by molar-refractivity contribution is 6.00. The highest BCUT2D eigenvalue weighted by Gasteiger charge is 2.12. The molecule has 0 aromatic heterocycles. The summed E-state index contributed by atoms with van der Waals surface area (Å²) < 4.78 is 5.54. The van der Waals surface area contributed by atoms with Crippen LogP contribution in [0.4, 0.5) is 0 Å². The van der Waals surface area contributed by atoms with Crippen molar-refractivity contribution in [2.24, 2.45) is 11.1 Å². The summed E-state index contributed by atoms with van der Waals surface area (Å²) in [7, 11) is 0. The second-order valence-corrected chi connectivity index (χ2v) is 4.30. The number of ether oxygens (including phenoxy) is 1. The molecule has 1 unspecified atom stereocenters. The summed E-state index contributed by atoms with van der Waals surface area (Å²) in [6.07, 6.45) is -0.505. The molecule has 0 aliphatic rings. The van der Waals surface area contributed by atoms with Gasteiger partial charge in [0.05, 0.1) is 11.8 Å². The van der Waals surface area contributed by atoms with Gasteiger partial charge in [-0.25, -0.2) is 0 Å². The van der Waals surface area contributed by atoms with Gasteiger partial charge in [0.2, 0.25) is 0 Å². The van der Waals surface area contributed by atoms with Crippen molar-refractivity contribution >= 4 is 5.71 Å². The largest absolute Gasteiger partial charge is 0.490 e. The van der Waals surface area contributed by atoms with Gasteiger partial charge >= 0.3 is 0 Å². The first-order valence-electron chi connectivity index (χ1n) is 5.65. The van der Waals surface area contributed by atoms with E-state index in [1.54, 1.807) is 13.0 Å². The molecule has 2 N–H and O–H groups in total. The number of nitrogens with zero attached hydrogens (tertiary/aromatic N) is 1. The van der Waals surface area contributed by atoms with E-state index in [9.17, 15) is 5.11 Å². The summed E-state index contributed by atoms with van der Waals surface area (Å²) in [5.74, 6) is 0.761. The molecule has 1 aromatic carbocycles. The van der Waals surface area contributed by atoms with Crippen molar-refractivity contribution < 1.29 is 15.1 Å². The molecule has 1 aromatic rings. The Morgan fingerprint density at radius 3 is 2.59 bits per heavy atom. The van der Waals surface area contributed by atoms with E-state index >= 15 is 0 Å². The van der Waals surface area contributed by atoms with Crippen molar-refractivity contribution in [2.75, 3.05) is 6.61 Å². The average Bonchev–Trinajstić information content (AvgIpc) is 2.35. The van der Waals surface area contributed by atoms with Crippen LogP contribution < -0.4 is 4.74 Å². The zero-order valence-corrected chi connectivity index (χ0v) is 10.4. The Labute approximate surface area is 102 Å². The van der Waals surface area contributed by atoms with Crippen molar-refractivity contribution in [2.45, 2.75) is 26.9 Å². The Bertz CT molecular complexity index is 388. The minimum atomic E-state index is -0.505. The van der Waals surface area contributed by atoms with Gasteiger partial charge in [0.1, 0.15) is 12.4 Å². The monoisotopic (exact) mass is 237 g/mol. The fraction of sp³-hybridized carbons (Fsp3) is 0.462. The van der Waals surface area contributed by atoms with Crippen LogP contribution in [-0.2, 0) is 0 Å². The number of aliphatic hydroxyl groups excluding tert-OH is 1. The highest BCUT2D eigenvalue weighted by atomic mass is 16.5. The van der Waals surface area contributed by atoms with E-state index in [0.717, 1.165) is 5.56 Å². The van der Waals surface area contributed by atoms with E-state index in [1.165, 1.54) is 0 Å². The predicted octanol–water partition coefficient (Wildman–Crippen LogP) is 2.28. The number of oxime groups is 1. The van der Waals surface area contributed by atoms with Gasteiger partial charge in [-0.05, 0) is 25.0 Å². The molecule has 0 amide bonds. The lowest BCUT2D eigenvalue weighted by Gasteiger charge is -2.16. The number of benzene rings is 1. The number of aliphatic hydroxyl groups is 1. The summed E-state index contributed by atoms with van der Waals surface area (Å²) in [6.45, 7) is 5.79. The van der Waals surface area contributed by atoms with E-state index in [0.29, 0.717) is 11.5 Å². The van der Waals surface area contributed by atoms with Gasteiger partial charge in [0.15, 0.2) is 0 Å². The predicted molar refractivity (Wildman–Crippen MR) is 66.8 cm³/mol. The van der Waals surface area contributed by atoms with E-state index in [-0.39, 0.29) is 12.5 Å². The lowest BCUT2D eigenvalue weighted by atomic mass is 10.1. The highest BCUT2D eigenvalue weighted by Crippen LogP contribution is 2.19. The van der Waals surface area contributed by atoms with Crippen LogP contribution in [0.5, 0.6) is 5.75 Å². The van der Waals surface area contributed by atoms with Crippen LogP contribution in [0.3, 0.4) is 0 Å². The molecule has 4 nitrogen and oxygen atoms in total. The fourth-order valence-electron chi connectivity index (χ4n) is 1.31. The molecule has 0 saturated heterocycles. The molecule has 0 bridgehead atoms. The minimum Gasteiger partial charge on any atom is -0.490 e. The summed E-state index contributed by atoms with van der Waals surface area (Å²) in [5, 5.41) is 21.6. The van der Waals surface area contributed by atoms with Gasteiger partial charge in [-0.1, -0.05) is 31.1 Å². The molecule has 4 heteroatoms. The smallest absolute Gasteiger partial charge is 0.128 e. The number of para-hydroxylation sites is 1. The van der Waals surface area contributed by atoms with Crippen molar-refractivity contribution in [1.29, 1.82) is 0 Å². The maximum Gasteiger partial charge on any atom is 0.128 e. The minimum absolute atomic E-state index is 0.148. The molecule has 0 saturated carbocycles. The van der Waals surface area contributed by atoms with E-state index < -0.39 is 6.10 Å². The van der Waals surface area contributed by atoms with Crippen molar-refractivity contribution in [3.05, 3.63) is 29.8 Å². The second kappa shape index (κ2) is 6.25. The molecule has 0 aliphatic carbocycles. The van der Waals surface area contributed by atoms with Crippen molar-refractivity contribution in [1.82, 2.24) is 0 Å². The van der Waals surface area contributed by atoms with Gasteiger partial charge in [-0.3, -0.25) is 0 Å². The first-order valence-corrected chi connectivity index (χ1v) is 5.65. The SMILES string of the molecule is C/C(=N\O)c1ccccc1OCC(O)C(C)C. The fourth-order valence-corrected chi connectivity index (χ4v) is 1.31. The lowest BCUT2D eigenvalue weighted by Crippen LogP contribution is -2.23. The molecule has 94 valence electrons. The first kappa shape index (κ1) is 13.5. The topological polar surface area (TPSA) is 62.1 Å². The second-order valence-electron chi connectivity index (χ2n) is 4.30. The van der Waals surface area contributed by atoms with Gasteiger partial charge in [-0.2, -0.15) is 0 Å². The van der Waals surface area contributed by atoms with Crippen LogP contribution in [-0.4, -0.2) is 28.7 Å². The number of hydrogen-bond donors (Lipinski definition) is 2. The Hall–Kier alpha value is -1.55. The van der Waals surface area contributed by atoms with Crippen LogP contribution >= 0.6 is 0 Å². The molecular weight excluding hydrogens is 218 g/mol. The van der Waals surface area contributed by atoms with Crippen molar-refractivity contribution in [3.63, 3.8) is 0 Å². The lowest BCUT2D eigenvalue weighted by molar-refractivity contribution is 0.0700. The molecule has 1 rings (SSSR count). The van der Waals surface area contributed by atoms with E-state index in [2.05, 4.69) is 5.16 Å². The van der Waals surface area contributed by atoms with Gasteiger partial charge < -0.3 is 15.1 Å². The molecule has 1 atom stereocenters. The molecular formula is C13H19NO3. The van der Waals surface area contributed by atoms with Crippen LogP contribution in [0.15, 0.2) is 29.4 Å². The maximum absolute atomic E-state index is 9.67. The Morgan fingerprint density at radius 1 is 1.35 bits per heavy atom. The summed E-state index contributed by atoms with van der Waals surface area (Å²) in [6, 6.07) is 7.28. The standard InChI is InChI=1S/C13H19NO3/c1-9(2)12(15)8-17-13-7-5-4-6-11(13)10(3)14-16/h4-7,9,12,15-16H,8H2,1-3H3/b14-10+. The zero-order valence-electron chi connectivity index (χ0n) is 10.4. The summed E-state index contributed by atoms with van der Waals surface area (Å²) in [4.78, 5) is 0. The third kappa shape index (κ3) is 3.75. The third-order valence-corrected chi connectivity index (χ3v) is 2.61. The average molecular weight is 237 g/mol. The number of hydrogen-bond acceptors (Lipinski definition) is 4. The Balaban J connectivity index is 2.78. The molecule has 0 aliphatic heterocycles. The van der Waals surface area contributed by atoms with Crippen LogP contribution in [0.1, 0.15) is 26.3 Å². The maximum atomic E-state index is 9.67. The van der Waals surface area contributed by atoms with Crippen molar-refractivity contribution in [3.8, 4) is 5.75 Å². The van der Waals surface area contributed by atoms with E-state index in [4.69, 9.17) is 9.94 Å². The summed E-state index contributed by atoms with van der Waals surface area (Å²) in [5.41, 5.74) is 1.21. The quantitative estimate of drug-likeness (QED) is 0.469. The molecule has 17 heavy (non-hydrogen) atoms. The Morgan fingerprint density at radius 2 is 2.00 bits per heavy atom. The zero-order chi connectivity index (χ0) is 12.8. The van der Waals surface area contributed by atoms with Crippen LogP contribution in [0.25, 0.3) is 0 Å². The third-order valence-electron chi connectivity index (χ3n) is 2.61. The Kier molecular flexibility index (Phi) is 4.97. The van der Waals surface area contributed by atoms with Crippen LogP contribution in [0, 0.1) is 5.92 Å². The van der Waals surface area contributed by atoms with Crippen LogP contribution in [0.2, 0.25) is 0 Å². The molecule has 0 spiro atoms. The first-order chi connectivity index (χ1) is 8.06. The summed E-state index contributed by atoms with van der Waals surface area (Å²) >= 11 is 0. The van der Waals surface area contributed by atoms with E-state index in [1.807, 2.05) is 32.0 Å². The molecule has 0 fully saturated rings. The number of rotatable bonds is 5.